The molecule has 0 unspecified atom stereocenters. The maximum absolute atomic E-state index is 4.89. The third kappa shape index (κ3) is 1.06. The summed E-state index contributed by atoms with van der Waals surface area (Å²) in [7, 11) is 0. The summed E-state index contributed by atoms with van der Waals surface area (Å²) in [4.78, 5) is 0. The third-order valence-corrected chi connectivity index (χ3v) is 2.55. The van der Waals surface area contributed by atoms with E-state index in [1.54, 1.807) is 6.26 Å². The Hall–Kier alpha value is -0.790. The number of hydrogen-bond acceptors (Lipinski definition) is 2. The van der Waals surface area contributed by atoms with E-state index in [9.17, 15) is 0 Å². The molecule has 60 valence electrons. The van der Waals surface area contributed by atoms with Gasteiger partial charge >= 0.3 is 0 Å². The van der Waals surface area contributed by atoms with E-state index in [0.29, 0.717) is 5.92 Å². The Morgan fingerprint density at radius 3 is 2.73 bits per heavy atom. The van der Waals surface area contributed by atoms with Gasteiger partial charge in [-0.3, -0.25) is 0 Å². The number of rotatable bonds is 1. The molecular formula is C9H13NO. The van der Waals surface area contributed by atoms with Crippen LogP contribution in [0.5, 0.6) is 0 Å². The average Bonchev–Trinajstić information content (AvgIpc) is 2.29. The van der Waals surface area contributed by atoms with Gasteiger partial charge in [-0.25, -0.2) is 0 Å². The van der Waals surface area contributed by atoms with Gasteiger partial charge in [-0.15, -0.1) is 0 Å². The van der Waals surface area contributed by atoms with Crippen LogP contribution in [0.25, 0.3) is 0 Å². The first-order valence-electron chi connectivity index (χ1n) is 4.18. The molecule has 0 saturated heterocycles. The molecule has 1 aliphatic carbocycles. The van der Waals surface area contributed by atoms with Crippen molar-refractivity contribution in [2.75, 3.05) is 0 Å². The molecule has 11 heavy (non-hydrogen) atoms. The Balaban J connectivity index is 2.12. The molecule has 0 aliphatic heterocycles. The van der Waals surface area contributed by atoms with E-state index in [2.05, 4.69) is 19.0 Å². The van der Waals surface area contributed by atoms with Gasteiger partial charge in [0, 0.05) is 11.5 Å². The van der Waals surface area contributed by atoms with Gasteiger partial charge in [-0.05, 0) is 25.7 Å². The van der Waals surface area contributed by atoms with Crippen LogP contribution < -0.4 is 0 Å². The zero-order valence-electron chi connectivity index (χ0n) is 7.00. The van der Waals surface area contributed by atoms with Crippen molar-refractivity contribution in [2.24, 2.45) is 5.92 Å². The highest BCUT2D eigenvalue weighted by Crippen LogP contribution is 2.41. The Kier molecular flexibility index (Phi) is 1.48. The van der Waals surface area contributed by atoms with Crippen LogP contribution in [0.3, 0.4) is 0 Å². The highest BCUT2D eigenvalue weighted by atomic mass is 16.5. The summed E-state index contributed by atoms with van der Waals surface area (Å²) in [6.07, 6.45) is 4.30. The lowest BCUT2D eigenvalue weighted by Gasteiger charge is -2.31. The van der Waals surface area contributed by atoms with Crippen LogP contribution in [0, 0.1) is 12.8 Å². The Morgan fingerprint density at radius 2 is 2.27 bits per heavy atom. The fraction of sp³-hybridized carbons (Fsp3) is 0.667. The summed E-state index contributed by atoms with van der Waals surface area (Å²) in [5.41, 5.74) is 2.39. The molecule has 0 spiro atoms. The summed E-state index contributed by atoms with van der Waals surface area (Å²) in [5, 5.41) is 4.00. The van der Waals surface area contributed by atoms with E-state index in [0.717, 1.165) is 5.92 Å². The first kappa shape index (κ1) is 6.89. The van der Waals surface area contributed by atoms with Crippen molar-refractivity contribution >= 4 is 0 Å². The number of aromatic nitrogens is 1. The van der Waals surface area contributed by atoms with E-state index in [1.807, 2.05) is 0 Å². The van der Waals surface area contributed by atoms with Crippen LogP contribution in [0.4, 0.5) is 0 Å². The van der Waals surface area contributed by atoms with Gasteiger partial charge in [0.1, 0.15) is 6.26 Å². The molecular weight excluding hydrogens is 138 g/mol. The molecule has 1 heterocycles. The molecule has 0 aromatic carbocycles. The number of nitrogens with zero attached hydrogens (tertiary/aromatic N) is 1. The summed E-state index contributed by atoms with van der Waals surface area (Å²) in [6, 6.07) is 0. The first-order valence-corrected chi connectivity index (χ1v) is 4.18. The molecule has 2 heteroatoms. The topological polar surface area (TPSA) is 26.0 Å². The average molecular weight is 151 g/mol. The molecule has 0 radical (unpaired) electrons. The van der Waals surface area contributed by atoms with Gasteiger partial charge in [0.25, 0.3) is 0 Å². The van der Waals surface area contributed by atoms with Crippen molar-refractivity contribution in [1.29, 1.82) is 0 Å². The predicted octanol–water partition coefficient (Wildman–Crippen LogP) is 2.50. The minimum absolute atomic E-state index is 0.684. The van der Waals surface area contributed by atoms with Crippen LogP contribution in [0.1, 0.15) is 36.9 Å². The van der Waals surface area contributed by atoms with Crippen molar-refractivity contribution < 1.29 is 4.52 Å². The van der Waals surface area contributed by atoms with Crippen molar-refractivity contribution in [3.63, 3.8) is 0 Å². The second kappa shape index (κ2) is 2.36. The van der Waals surface area contributed by atoms with Crippen LogP contribution in [0.15, 0.2) is 10.8 Å². The molecule has 1 aromatic heterocycles. The van der Waals surface area contributed by atoms with Gasteiger partial charge in [0.15, 0.2) is 0 Å². The normalized spacial score (nSPS) is 30.0. The van der Waals surface area contributed by atoms with E-state index in [1.165, 1.54) is 24.1 Å². The summed E-state index contributed by atoms with van der Waals surface area (Å²) in [6.45, 7) is 4.35. The van der Waals surface area contributed by atoms with Crippen molar-refractivity contribution in [3.8, 4) is 0 Å². The summed E-state index contributed by atoms with van der Waals surface area (Å²) >= 11 is 0. The number of aryl methyl sites for hydroxylation is 1. The summed E-state index contributed by atoms with van der Waals surface area (Å²) < 4.78 is 4.89. The molecule has 0 bridgehead atoms. The molecule has 0 atom stereocenters. The van der Waals surface area contributed by atoms with Crippen LogP contribution >= 0.6 is 0 Å². The quantitative estimate of drug-likeness (QED) is 0.616. The molecule has 2 rings (SSSR count). The SMILES string of the molecule is Cc1conc1C1CC(C)C1. The van der Waals surface area contributed by atoms with Crippen LogP contribution in [-0.2, 0) is 0 Å². The highest BCUT2D eigenvalue weighted by Gasteiger charge is 2.29. The predicted molar refractivity (Wildman–Crippen MR) is 42.4 cm³/mol. The van der Waals surface area contributed by atoms with Gasteiger partial charge in [-0.2, -0.15) is 0 Å². The summed E-state index contributed by atoms with van der Waals surface area (Å²) in [5.74, 6) is 1.57. The fourth-order valence-electron chi connectivity index (χ4n) is 1.82. The van der Waals surface area contributed by atoms with Crippen molar-refractivity contribution in [2.45, 2.75) is 32.6 Å². The van der Waals surface area contributed by atoms with Gasteiger partial charge in [-0.1, -0.05) is 12.1 Å². The molecule has 0 N–H and O–H groups in total. The lowest BCUT2D eigenvalue weighted by Crippen LogP contribution is -2.19. The fourth-order valence-corrected chi connectivity index (χ4v) is 1.82. The van der Waals surface area contributed by atoms with E-state index in [4.69, 9.17) is 4.52 Å². The van der Waals surface area contributed by atoms with E-state index in [-0.39, 0.29) is 0 Å². The molecule has 1 aromatic rings. The molecule has 1 fully saturated rings. The molecule has 1 saturated carbocycles. The van der Waals surface area contributed by atoms with Gasteiger partial charge in [0.05, 0.1) is 5.69 Å². The van der Waals surface area contributed by atoms with E-state index < -0.39 is 0 Å². The number of hydrogen-bond donors (Lipinski definition) is 0. The van der Waals surface area contributed by atoms with Gasteiger partial charge in [0.2, 0.25) is 0 Å². The van der Waals surface area contributed by atoms with E-state index >= 15 is 0 Å². The van der Waals surface area contributed by atoms with Crippen molar-refractivity contribution in [1.82, 2.24) is 5.16 Å². The standard InChI is InChI=1S/C9H13NO/c1-6-3-8(4-6)9-7(2)5-11-10-9/h5-6,8H,3-4H2,1-2H3. The van der Waals surface area contributed by atoms with Crippen LogP contribution in [-0.4, -0.2) is 5.16 Å². The zero-order chi connectivity index (χ0) is 7.84. The third-order valence-electron chi connectivity index (χ3n) is 2.55. The van der Waals surface area contributed by atoms with Crippen molar-refractivity contribution in [3.05, 3.63) is 17.5 Å². The second-order valence-corrected chi connectivity index (χ2v) is 3.66. The Bertz CT molecular complexity index is 248. The smallest absolute Gasteiger partial charge is 0.127 e. The molecule has 1 aliphatic rings. The van der Waals surface area contributed by atoms with Crippen LogP contribution in [0.2, 0.25) is 0 Å². The maximum atomic E-state index is 4.89. The zero-order valence-corrected chi connectivity index (χ0v) is 7.00. The minimum atomic E-state index is 0.684. The minimum Gasteiger partial charge on any atom is -0.364 e. The first-order chi connectivity index (χ1) is 5.27. The van der Waals surface area contributed by atoms with Gasteiger partial charge < -0.3 is 4.52 Å². The highest BCUT2D eigenvalue weighted by molar-refractivity contribution is 5.19. The second-order valence-electron chi connectivity index (χ2n) is 3.66. The molecule has 0 amide bonds. The maximum Gasteiger partial charge on any atom is 0.127 e. The monoisotopic (exact) mass is 151 g/mol. The Labute approximate surface area is 66.6 Å². The molecule has 2 nitrogen and oxygen atoms in total. The lowest BCUT2D eigenvalue weighted by atomic mass is 9.74. The largest absolute Gasteiger partial charge is 0.364 e. The lowest BCUT2D eigenvalue weighted by molar-refractivity contribution is 0.272. The Morgan fingerprint density at radius 1 is 1.55 bits per heavy atom.